The molecule has 0 spiro atoms. The number of aromatic nitrogens is 5. The smallest absolute Gasteiger partial charge is 0.163 e. The number of anilines is 3. The molecule has 37 heavy (non-hydrogen) atoms. The molecule has 0 atom stereocenters. The van der Waals surface area contributed by atoms with Gasteiger partial charge >= 0.3 is 0 Å². The fourth-order valence-electron chi connectivity index (χ4n) is 4.25. The lowest BCUT2D eigenvalue weighted by Gasteiger charge is -2.09. The Morgan fingerprint density at radius 2 is 1.57 bits per heavy atom. The summed E-state index contributed by atoms with van der Waals surface area (Å²) in [5.41, 5.74) is 6.43. The topological polar surface area (TPSA) is 91.4 Å². The zero-order valence-electron chi connectivity index (χ0n) is 20.1. The summed E-state index contributed by atoms with van der Waals surface area (Å²) in [5.74, 6) is 1.97. The van der Waals surface area contributed by atoms with Crippen LogP contribution in [0.4, 0.5) is 17.3 Å². The van der Waals surface area contributed by atoms with Gasteiger partial charge in [0, 0.05) is 36.1 Å². The maximum atomic E-state index is 4.71. The van der Waals surface area contributed by atoms with Crippen molar-refractivity contribution in [3.05, 3.63) is 126 Å². The van der Waals surface area contributed by atoms with Crippen molar-refractivity contribution in [2.75, 3.05) is 10.6 Å². The van der Waals surface area contributed by atoms with Crippen LogP contribution in [-0.2, 0) is 13.0 Å². The number of aromatic amines is 1. The van der Waals surface area contributed by atoms with Crippen LogP contribution in [0.2, 0.25) is 0 Å². The Morgan fingerprint density at radius 3 is 2.41 bits per heavy atom. The van der Waals surface area contributed by atoms with E-state index in [9.17, 15) is 0 Å². The molecule has 0 aliphatic rings. The number of hydrogen-bond acceptors (Lipinski definition) is 6. The fraction of sp³-hybridized carbons (Fsp3) is 0.0667. The second-order valence-corrected chi connectivity index (χ2v) is 8.81. The molecule has 3 aromatic carbocycles. The van der Waals surface area contributed by atoms with E-state index in [0.29, 0.717) is 18.2 Å². The molecule has 6 rings (SSSR count). The molecule has 180 valence electrons. The number of H-pyrrole nitrogens is 1. The highest BCUT2D eigenvalue weighted by Gasteiger charge is 2.10. The Bertz CT molecular complexity index is 1630. The summed E-state index contributed by atoms with van der Waals surface area (Å²) in [4.78, 5) is 13.6. The van der Waals surface area contributed by atoms with Gasteiger partial charge in [-0.15, -0.1) is 0 Å². The Kier molecular flexibility index (Phi) is 6.24. The molecule has 3 heterocycles. The van der Waals surface area contributed by atoms with Crippen molar-refractivity contribution >= 4 is 28.2 Å². The van der Waals surface area contributed by atoms with Gasteiger partial charge in [0.2, 0.25) is 0 Å². The maximum absolute atomic E-state index is 4.71. The minimum Gasteiger partial charge on any atom is -0.380 e. The number of nitrogens with zero attached hydrogens (tertiary/aromatic N) is 4. The van der Waals surface area contributed by atoms with Crippen LogP contribution in [0.1, 0.15) is 16.7 Å². The van der Waals surface area contributed by atoms with Gasteiger partial charge in [-0.2, -0.15) is 5.10 Å². The Morgan fingerprint density at radius 1 is 0.757 bits per heavy atom. The van der Waals surface area contributed by atoms with Crippen LogP contribution in [0.25, 0.3) is 22.3 Å². The third-order valence-electron chi connectivity index (χ3n) is 6.12. The van der Waals surface area contributed by atoms with Gasteiger partial charge in [-0.05, 0) is 47.4 Å². The Labute approximate surface area is 214 Å². The van der Waals surface area contributed by atoms with Gasteiger partial charge in [-0.1, -0.05) is 66.7 Å². The van der Waals surface area contributed by atoms with E-state index in [1.165, 1.54) is 16.7 Å². The van der Waals surface area contributed by atoms with Crippen molar-refractivity contribution in [3.63, 3.8) is 0 Å². The molecule has 3 N–H and O–H groups in total. The van der Waals surface area contributed by atoms with Crippen LogP contribution in [0.5, 0.6) is 0 Å². The third kappa shape index (κ3) is 5.31. The van der Waals surface area contributed by atoms with Gasteiger partial charge in [0.15, 0.2) is 11.6 Å². The highest BCUT2D eigenvalue weighted by Crippen LogP contribution is 2.26. The molecule has 0 amide bonds. The van der Waals surface area contributed by atoms with E-state index in [-0.39, 0.29) is 0 Å². The van der Waals surface area contributed by atoms with E-state index in [1.807, 2.05) is 36.4 Å². The summed E-state index contributed by atoms with van der Waals surface area (Å²) < 4.78 is 0. The van der Waals surface area contributed by atoms with E-state index >= 15 is 0 Å². The van der Waals surface area contributed by atoms with Crippen molar-refractivity contribution in [2.24, 2.45) is 0 Å². The summed E-state index contributed by atoms with van der Waals surface area (Å²) in [5, 5.41) is 15.4. The van der Waals surface area contributed by atoms with Gasteiger partial charge in [-0.25, -0.2) is 9.97 Å². The number of rotatable bonds is 8. The molecule has 0 aliphatic heterocycles. The molecule has 0 radical (unpaired) electrons. The molecular weight excluding hydrogens is 458 g/mol. The summed E-state index contributed by atoms with van der Waals surface area (Å²) in [6, 6.07) is 30.9. The fourth-order valence-corrected chi connectivity index (χ4v) is 4.25. The molecule has 7 nitrogen and oxygen atoms in total. The zero-order valence-corrected chi connectivity index (χ0v) is 20.1. The molecule has 0 saturated carbocycles. The number of benzene rings is 3. The average Bonchev–Trinajstić information content (AvgIpc) is 3.35. The minimum atomic E-state index is 0.589. The van der Waals surface area contributed by atoms with Crippen molar-refractivity contribution in [1.29, 1.82) is 0 Å². The van der Waals surface area contributed by atoms with Crippen molar-refractivity contribution in [2.45, 2.75) is 13.0 Å². The second kappa shape index (κ2) is 10.3. The molecule has 0 saturated heterocycles. The first-order valence-corrected chi connectivity index (χ1v) is 12.1. The van der Waals surface area contributed by atoms with Crippen LogP contribution in [0, 0.1) is 0 Å². The van der Waals surface area contributed by atoms with Gasteiger partial charge in [0.05, 0.1) is 11.2 Å². The predicted octanol–water partition coefficient (Wildman–Crippen LogP) is 6.36. The van der Waals surface area contributed by atoms with Crippen molar-refractivity contribution in [3.8, 4) is 11.4 Å². The average molecular weight is 484 g/mol. The number of pyridine rings is 1. The van der Waals surface area contributed by atoms with E-state index in [1.54, 1.807) is 18.6 Å². The van der Waals surface area contributed by atoms with Crippen LogP contribution < -0.4 is 10.6 Å². The highest BCUT2D eigenvalue weighted by atomic mass is 15.2. The molecule has 6 aromatic rings. The van der Waals surface area contributed by atoms with Crippen LogP contribution in [-0.4, -0.2) is 25.1 Å². The standard InChI is InChI=1S/C30H25N7/c1-3-7-21(8-4-1)15-23-11-12-26-27(16-23)36-37-30(26)35-28-13-14-32-29(34-28)24-17-25(20-31-19-24)33-18-22-9-5-2-6-10-22/h1-14,16-17,19-20,33H,15,18H2,(H2,32,34,35,36,37). The minimum absolute atomic E-state index is 0.589. The number of nitrogens with one attached hydrogen (secondary N) is 3. The first kappa shape index (κ1) is 22.4. The van der Waals surface area contributed by atoms with Gasteiger partial charge in [0.25, 0.3) is 0 Å². The number of hydrogen-bond donors (Lipinski definition) is 3. The van der Waals surface area contributed by atoms with Crippen LogP contribution >= 0.6 is 0 Å². The van der Waals surface area contributed by atoms with Crippen molar-refractivity contribution < 1.29 is 0 Å². The lowest BCUT2D eigenvalue weighted by atomic mass is 10.0. The molecule has 7 heteroatoms. The van der Waals surface area contributed by atoms with Gasteiger partial charge in [-0.3, -0.25) is 10.1 Å². The van der Waals surface area contributed by atoms with Crippen LogP contribution in [0.15, 0.2) is 110 Å². The largest absolute Gasteiger partial charge is 0.380 e. The highest BCUT2D eigenvalue weighted by molar-refractivity contribution is 5.91. The lowest BCUT2D eigenvalue weighted by Crippen LogP contribution is -2.01. The molecule has 0 bridgehead atoms. The Hall–Kier alpha value is -5.04. The summed E-state index contributed by atoms with van der Waals surface area (Å²) >= 11 is 0. The van der Waals surface area contributed by atoms with E-state index in [0.717, 1.165) is 34.4 Å². The monoisotopic (exact) mass is 483 g/mol. The quantitative estimate of drug-likeness (QED) is 0.233. The van der Waals surface area contributed by atoms with E-state index in [2.05, 4.69) is 85.4 Å². The van der Waals surface area contributed by atoms with Gasteiger partial charge < -0.3 is 10.6 Å². The normalized spacial score (nSPS) is 10.9. The first-order valence-electron chi connectivity index (χ1n) is 12.1. The summed E-state index contributed by atoms with van der Waals surface area (Å²) in [7, 11) is 0. The van der Waals surface area contributed by atoms with Crippen LogP contribution in [0.3, 0.4) is 0 Å². The number of fused-ring (bicyclic) bond motifs is 1. The molecule has 0 fully saturated rings. The SMILES string of the molecule is c1ccc(CNc2cncc(-c3nccc(Nc4n[nH]c5cc(Cc6ccccc6)ccc45)n3)c2)cc1. The molecule has 3 aromatic heterocycles. The lowest BCUT2D eigenvalue weighted by molar-refractivity contribution is 1.10. The van der Waals surface area contributed by atoms with E-state index < -0.39 is 0 Å². The first-order chi connectivity index (χ1) is 18.3. The Balaban J connectivity index is 1.18. The second-order valence-electron chi connectivity index (χ2n) is 8.81. The van der Waals surface area contributed by atoms with Gasteiger partial charge in [0.1, 0.15) is 5.82 Å². The summed E-state index contributed by atoms with van der Waals surface area (Å²) in [6.07, 6.45) is 6.18. The molecular formula is C30H25N7. The van der Waals surface area contributed by atoms with E-state index in [4.69, 9.17) is 4.98 Å². The summed E-state index contributed by atoms with van der Waals surface area (Å²) in [6.45, 7) is 0.716. The maximum Gasteiger partial charge on any atom is 0.163 e. The third-order valence-corrected chi connectivity index (χ3v) is 6.12. The predicted molar refractivity (Wildman–Crippen MR) is 148 cm³/mol. The molecule has 0 unspecified atom stereocenters. The van der Waals surface area contributed by atoms with Crippen molar-refractivity contribution in [1.82, 2.24) is 25.1 Å². The molecule has 0 aliphatic carbocycles. The zero-order chi connectivity index (χ0) is 24.9.